The van der Waals surface area contributed by atoms with Gasteiger partial charge in [0.15, 0.2) is 0 Å². The summed E-state index contributed by atoms with van der Waals surface area (Å²) in [4.78, 5) is 2.63. The standard InChI is InChI=1S/C16H23N/c1-13-11-17(12-14-7-3-2-4-8-14)16-10-6-5-9-15(13)16/h2-4,7-8,13,15-16H,5-6,9-12H2,1H3/t13-,15+,16+/m0/s1/i9D/t9-,13-,15+,16+. The van der Waals surface area contributed by atoms with Crippen molar-refractivity contribution in [3.8, 4) is 0 Å². The maximum Gasteiger partial charge on any atom is 0.0270 e. The second-order valence-corrected chi connectivity index (χ2v) is 5.70. The number of fused-ring (bicyclic) bond motifs is 1. The topological polar surface area (TPSA) is 3.24 Å². The summed E-state index contributed by atoms with van der Waals surface area (Å²) in [7, 11) is 0. The van der Waals surface area contributed by atoms with Gasteiger partial charge in [-0.2, -0.15) is 0 Å². The van der Waals surface area contributed by atoms with E-state index >= 15 is 0 Å². The van der Waals surface area contributed by atoms with Crippen molar-refractivity contribution in [1.82, 2.24) is 4.90 Å². The fraction of sp³-hybridized carbons (Fsp3) is 0.625. The van der Waals surface area contributed by atoms with Crippen LogP contribution < -0.4 is 0 Å². The Balaban J connectivity index is 1.74. The van der Waals surface area contributed by atoms with Crippen LogP contribution in [0.4, 0.5) is 0 Å². The molecule has 1 aromatic carbocycles. The fourth-order valence-corrected chi connectivity index (χ4v) is 3.65. The summed E-state index contributed by atoms with van der Waals surface area (Å²) in [6, 6.07) is 11.4. The summed E-state index contributed by atoms with van der Waals surface area (Å²) in [5.74, 6) is 1.31. The first kappa shape index (κ1) is 10.1. The molecule has 92 valence electrons. The number of hydrogen-bond donors (Lipinski definition) is 0. The molecule has 3 rings (SSSR count). The van der Waals surface area contributed by atoms with Gasteiger partial charge in [-0.3, -0.25) is 4.90 Å². The van der Waals surface area contributed by atoms with E-state index in [9.17, 15) is 0 Å². The predicted molar refractivity (Wildman–Crippen MR) is 71.8 cm³/mol. The first-order chi connectivity index (χ1) is 8.75. The maximum absolute atomic E-state index is 8.27. The quantitative estimate of drug-likeness (QED) is 0.749. The van der Waals surface area contributed by atoms with Crippen molar-refractivity contribution >= 4 is 0 Å². The van der Waals surface area contributed by atoms with Gasteiger partial charge in [-0.1, -0.05) is 50.1 Å². The van der Waals surface area contributed by atoms with Crippen LogP contribution in [0.2, 0.25) is 0 Å². The number of rotatable bonds is 2. The first-order valence-electron chi connectivity index (χ1n) is 7.53. The minimum Gasteiger partial charge on any atom is -0.296 e. The first-order valence-corrected chi connectivity index (χ1v) is 6.96. The molecule has 0 spiro atoms. The van der Waals surface area contributed by atoms with Gasteiger partial charge in [0.2, 0.25) is 0 Å². The largest absolute Gasteiger partial charge is 0.296 e. The Kier molecular flexibility index (Phi) is 2.87. The highest BCUT2D eigenvalue weighted by Gasteiger charge is 2.39. The Bertz CT molecular complexity index is 391. The summed E-state index contributed by atoms with van der Waals surface area (Å²) < 4.78 is 8.27. The second kappa shape index (κ2) is 4.81. The van der Waals surface area contributed by atoms with E-state index in [4.69, 9.17) is 1.37 Å². The molecule has 1 heterocycles. The van der Waals surface area contributed by atoms with E-state index in [0.717, 1.165) is 13.0 Å². The highest BCUT2D eigenvalue weighted by Crippen LogP contribution is 2.40. The van der Waals surface area contributed by atoms with Gasteiger partial charge >= 0.3 is 0 Å². The Hall–Kier alpha value is -0.820. The zero-order chi connectivity index (χ0) is 12.5. The van der Waals surface area contributed by atoms with Crippen molar-refractivity contribution in [2.75, 3.05) is 6.54 Å². The average Bonchev–Trinajstić information content (AvgIpc) is 2.69. The van der Waals surface area contributed by atoms with Gasteiger partial charge in [-0.15, -0.1) is 0 Å². The molecule has 1 nitrogen and oxygen atoms in total. The molecular weight excluding hydrogens is 206 g/mol. The molecule has 0 aromatic heterocycles. The number of hydrogen-bond acceptors (Lipinski definition) is 1. The molecule has 1 aliphatic heterocycles. The van der Waals surface area contributed by atoms with Gasteiger partial charge in [0.25, 0.3) is 0 Å². The fourth-order valence-electron chi connectivity index (χ4n) is 3.65. The lowest BCUT2D eigenvalue weighted by Crippen LogP contribution is -2.34. The van der Waals surface area contributed by atoms with Crippen LogP contribution in [0.5, 0.6) is 0 Å². The Labute approximate surface area is 106 Å². The van der Waals surface area contributed by atoms with E-state index < -0.39 is 0 Å². The monoisotopic (exact) mass is 230 g/mol. The zero-order valence-electron chi connectivity index (χ0n) is 11.7. The Morgan fingerprint density at radius 2 is 2.12 bits per heavy atom. The van der Waals surface area contributed by atoms with Crippen LogP contribution >= 0.6 is 0 Å². The van der Waals surface area contributed by atoms with Crippen LogP contribution in [-0.2, 0) is 6.54 Å². The van der Waals surface area contributed by atoms with Gasteiger partial charge in [0.1, 0.15) is 0 Å². The van der Waals surface area contributed by atoms with Gasteiger partial charge < -0.3 is 0 Å². The molecule has 2 fully saturated rings. The summed E-state index contributed by atoms with van der Waals surface area (Å²) >= 11 is 0. The molecule has 4 atom stereocenters. The Morgan fingerprint density at radius 1 is 1.29 bits per heavy atom. The highest BCUT2D eigenvalue weighted by atomic mass is 15.2. The third kappa shape index (κ3) is 2.26. The SMILES string of the molecule is [2H][C@H]1CCC[C@@H]2[C@H]1[C@@H](C)CN2Cc1ccccc1. The molecular formula is C16H23N. The molecule has 0 bridgehead atoms. The van der Waals surface area contributed by atoms with E-state index in [2.05, 4.69) is 42.2 Å². The van der Waals surface area contributed by atoms with E-state index in [1.807, 2.05) is 0 Å². The minimum atomic E-state index is 0.180. The van der Waals surface area contributed by atoms with Crippen LogP contribution in [0.15, 0.2) is 30.3 Å². The summed E-state index contributed by atoms with van der Waals surface area (Å²) in [5, 5.41) is 0. The highest BCUT2D eigenvalue weighted by molar-refractivity contribution is 5.15. The lowest BCUT2D eigenvalue weighted by atomic mass is 9.80. The number of nitrogens with zero attached hydrogens (tertiary/aromatic N) is 1. The lowest BCUT2D eigenvalue weighted by molar-refractivity contribution is 0.173. The molecule has 2 aliphatic rings. The van der Waals surface area contributed by atoms with Crippen molar-refractivity contribution in [2.24, 2.45) is 11.8 Å². The molecule has 1 saturated heterocycles. The van der Waals surface area contributed by atoms with Crippen LogP contribution in [0, 0.1) is 11.8 Å². The van der Waals surface area contributed by atoms with Gasteiger partial charge in [0.05, 0.1) is 0 Å². The van der Waals surface area contributed by atoms with Crippen molar-refractivity contribution in [1.29, 1.82) is 0 Å². The molecule has 1 saturated carbocycles. The van der Waals surface area contributed by atoms with E-state index in [1.165, 1.54) is 24.9 Å². The van der Waals surface area contributed by atoms with E-state index in [-0.39, 0.29) is 6.40 Å². The molecule has 1 aliphatic carbocycles. The lowest BCUT2D eigenvalue weighted by Gasteiger charge is -2.32. The van der Waals surface area contributed by atoms with Gasteiger partial charge in [-0.25, -0.2) is 0 Å². The molecule has 0 unspecified atom stereocenters. The third-order valence-electron chi connectivity index (χ3n) is 4.46. The molecule has 0 amide bonds. The smallest absolute Gasteiger partial charge is 0.0270 e. The summed E-state index contributed by atoms with van der Waals surface area (Å²) in [5.41, 5.74) is 1.41. The van der Waals surface area contributed by atoms with Crippen molar-refractivity contribution in [3.05, 3.63) is 35.9 Å². The summed E-state index contributed by atoms with van der Waals surface area (Å²) in [6.07, 6.45) is 3.84. The predicted octanol–water partition coefficient (Wildman–Crippen LogP) is 3.70. The molecule has 1 heteroatoms. The van der Waals surface area contributed by atoms with Gasteiger partial charge in [0, 0.05) is 20.5 Å². The van der Waals surface area contributed by atoms with Crippen LogP contribution in [0.25, 0.3) is 0 Å². The minimum absolute atomic E-state index is 0.180. The zero-order valence-corrected chi connectivity index (χ0v) is 10.7. The Morgan fingerprint density at radius 3 is 2.94 bits per heavy atom. The van der Waals surface area contributed by atoms with Crippen molar-refractivity contribution in [2.45, 2.75) is 45.2 Å². The second-order valence-electron chi connectivity index (χ2n) is 5.70. The van der Waals surface area contributed by atoms with E-state index in [1.54, 1.807) is 0 Å². The third-order valence-corrected chi connectivity index (χ3v) is 4.46. The van der Waals surface area contributed by atoms with Crippen LogP contribution in [0.3, 0.4) is 0 Å². The summed E-state index contributed by atoms with van der Waals surface area (Å²) in [6.45, 7) is 4.59. The number of benzene rings is 1. The van der Waals surface area contributed by atoms with Crippen LogP contribution in [-0.4, -0.2) is 17.5 Å². The maximum atomic E-state index is 8.27. The molecule has 1 aromatic rings. The van der Waals surface area contributed by atoms with Crippen LogP contribution in [0.1, 0.15) is 39.5 Å². The number of likely N-dealkylation sites (tertiary alicyclic amines) is 1. The molecule has 0 radical (unpaired) electrons. The molecule has 0 N–H and O–H groups in total. The normalized spacial score (nSPS) is 38.8. The van der Waals surface area contributed by atoms with E-state index in [0.29, 0.717) is 17.9 Å². The molecule has 17 heavy (non-hydrogen) atoms. The average molecular weight is 230 g/mol. The van der Waals surface area contributed by atoms with Gasteiger partial charge in [-0.05, 0) is 30.2 Å². The van der Waals surface area contributed by atoms with Crippen molar-refractivity contribution in [3.63, 3.8) is 0 Å². The van der Waals surface area contributed by atoms with Crippen molar-refractivity contribution < 1.29 is 1.37 Å².